The van der Waals surface area contributed by atoms with E-state index in [9.17, 15) is 0 Å². The molecule has 0 spiro atoms. The summed E-state index contributed by atoms with van der Waals surface area (Å²) in [5, 5.41) is 20.8. The van der Waals surface area contributed by atoms with E-state index in [1.54, 1.807) is 0 Å². The van der Waals surface area contributed by atoms with Gasteiger partial charge in [-0.1, -0.05) is 157 Å². The van der Waals surface area contributed by atoms with Gasteiger partial charge >= 0.3 is 0 Å². The van der Waals surface area contributed by atoms with Gasteiger partial charge in [0.15, 0.2) is 0 Å². The van der Waals surface area contributed by atoms with Gasteiger partial charge in [0.2, 0.25) is 0 Å². The normalized spacial score (nSPS) is 12.1. The van der Waals surface area contributed by atoms with Crippen LogP contribution >= 0.6 is 0 Å². The molecule has 0 amide bonds. The molecule has 13 aromatic rings. The molecule has 64 heavy (non-hydrogen) atoms. The molecule has 13 rings (SSSR count). The van der Waals surface area contributed by atoms with Gasteiger partial charge in [0.25, 0.3) is 0 Å². The average molecular weight is 817 g/mol. The SMILES string of the molecule is Cc1ccc(N(c2ccccc2C)c2ccc3c4cccc5c4c(c4cccc2c34)c2cccc3c4ccc(N(c6ccc(C)cc6)c6ccccc6C)c6cccc(c64)c5c32)cc1. The molecule has 0 unspecified atom stereocenters. The lowest BCUT2D eigenvalue weighted by molar-refractivity contribution is 1.26. The Kier molecular flexibility index (Phi) is 7.90. The molecule has 0 fully saturated rings. The van der Waals surface area contributed by atoms with E-state index in [1.165, 1.54) is 131 Å². The number of fused-ring (bicyclic) bond motifs is 6. The van der Waals surface area contributed by atoms with Crippen LogP contribution in [0, 0.1) is 27.7 Å². The van der Waals surface area contributed by atoms with Crippen molar-refractivity contribution in [2.75, 3.05) is 9.80 Å². The van der Waals surface area contributed by atoms with E-state index in [1.807, 2.05) is 0 Å². The van der Waals surface area contributed by atoms with E-state index < -0.39 is 0 Å². The molecule has 302 valence electrons. The third-order valence-corrected chi connectivity index (χ3v) is 14.1. The monoisotopic (exact) mass is 816 g/mol. The number of nitrogens with zero attached hydrogens (tertiary/aromatic N) is 2. The number of rotatable bonds is 6. The van der Waals surface area contributed by atoms with Crippen LogP contribution in [0.2, 0.25) is 0 Å². The lowest BCUT2D eigenvalue weighted by atomic mass is 9.81. The van der Waals surface area contributed by atoms with Gasteiger partial charge in [-0.2, -0.15) is 0 Å². The molecule has 0 aliphatic rings. The molecule has 0 aliphatic carbocycles. The summed E-state index contributed by atoms with van der Waals surface area (Å²) in [6.45, 7) is 8.75. The van der Waals surface area contributed by atoms with E-state index in [0.717, 1.165) is 11.4 Å². The molecule has 0 aliphatic heterocycles. The number of benzene rings is 13. The quantitative estimate of drug-likeness (QED) is 0.122. The maximum atomic E-state index is 2.45. The lowest BCUT2D eigenvalue weighted by Crippen LogP contribution is -2.12. The first-order chi connectivity index (χ1) is 31.4. The summed E-state index contributed by atoms with van der Waals surface area (Å²) in [7, 11) is 0. The first-order valence-electron chi connectivity index (χ1n) is 22.4. The molecule has 2 heteroatoms. The van der Waals surface area contributed by atoms with Crippen LogP contribution in [-0.4, -0.2) is 0 Å². The fraction of sp³-hybridized carbons (Fsp3) is 0.0645. The van der Waals surface area contributed by atoms with Crippen molar-refractivity contribution in [2.24, 2.45) is 0 Å². The highest BCUT2D eigenvalue weighted by atomic mass is 15.2. The molecule has 0 saturated carbocycles. The van der Waals surface area contributed by atoms with Gasteiger partial charge in [-0.05, 0) is 163 Å². The zero-order chi connectivity index (χ0) is 42.8. The smallest absolute Gasteiger partial charge is 0.0540 e. The van der Waals surface area contributed by atoms with Gasteiger partial charge in [-0.15, -0.1) is 0 Å². The maximum Gasteiger partial charge on any atom is 0.0540 e. The molecule has 0 aromatic heterocycles. The zero-order valence-corrected chi connectivity index (χ0v) is 36.4. The Labute approximate surface area is 372 Å². The molecule has 13 aromatic carbocycles. The van der Waals surface area contributed by atoms with Crippen molar-refractivity contribution in [3.05, 3.63) is 216 Å². The van der Waals surface area contributed by atoms with Crippen LogP contribution in [0.25, 0.3) is 86.2 Å². The van der Waals surface area contributed by atoms with Gasteiger partial charge < -0.3 is 9.80 Å². The predicted molar refractivity (Wildman–Crippen MR) is 277 cm³/mol. The fourth-order valence-corrected chi connectivity index (χ4v) is 11.2. The van der Waals surface area contributed by atoms with Crippen LogP contribution in [0.1, 0.15) is 22.3 Å². The van der Waals surface area contributed by atoms with E-state index in [4.69, 9.17) is 0 Å². The fourth-order valence-electron chi connectivity index (χ4n) is 11.2. The standard InChI is InChI=1S/C62H44N2/c1-37-25-29-41(30-26-37)63(53-23-7-5-13-39(53)3)55-35-33-45-43-15-9-22-52-59(43)61(49-19-11-17-47(55)57(45)49)51-21-10-16-44-46-34-36-56(48-18-12-20-50(58(46)48)62(52)60(44)51)64(42-31-27-38(2)28-32-42)54-24-8-6-14-40(54)4/h5-36H,1-4H3. The van der Waals surface area contributed by atoms with Crippen molar-refractivity contribution in [1.82, 2.24) is 0 Å². The van der Waals surface area contributed by atoms with Gasteiger partial charge in [-0.25, -0.2) is 0 Å². The molecule has 0 heterocycles. The molecule has 0 N–H and O–H groups in total. The van der Waals surface area contributed by atoms with Crippen molar-refractivity contribution >= 4 is 120 Å². The highest BCUT2D eigenvalue weighted by Crippen LogP contribution is 2.53. The predicted octanol–water partition coefficient (Wildman–Crippen LogP) is 18.0. The summed E-state index contributed by atoms with van der Waals surface area (Å²) >= 11 is 0. The van der Waals surface area contributed by atoms with Crippen LogP contribution in [-0.2, 0) is 0 Å². The molecule has 2 nitrogen and oxygen atoms in total. The Morgan fingerprint density at radius 3 is 0.922 bits per heavy atom. The van der Waals surface area contributed by atoms with Crippen LogP contribution in [0.15, 0.2) is 194 Å². The molecule has 0 atom stereocenters. The van der Waals surface area contributed by atoms with E-state index >= 15 is 0 Å². The number of anilines is 6. The minimum absolute atomic E-state index is 1.15. The van der Waals surface area contributed by atoms with Crippen LogP contribution in [0.3, 0.4) is 0 Å². The molecule has 0 bridgehead atoms. The Hall–Kier alpha value is -7.94. The molecule has 0 saturated heterocycles. The summed E-state index contributed by atoms with van der Waals surface area (Å²) in [6, 6.07) is 72.9. The Balaban J connectivity index is 1.14. The van der Waals surface area contributed by atoms with Crippen molar-refractivity contribution in [3.63, 3.8) is 0 Å². The molecular weight excluding hydrogens is 773 g/mol. The van der Waals surface area contributed by atoms with E-state index in [2.05, 4.69) is 232 Å². The summed E-state index contributed by atoms with van der Waals surface area (Å²) in [5.74, 6) is 0. The van der Waals surface area contributed by atoms with Gasteiger partial charge in [0.05, 0.1) is 11.4 Å². The third-order valence-electron chi connectivity index (χ3n) is 14.1. The summed E-state index contributed by atoms with van der Waals surface area (Å²) in [5.41, 5.74) is 12.0. The third kappa shape index (κ3) is 5.14. The van der Waals surface area contributed by atoms with Gasteiger partial charge in [0, 0.05) is 33.5 Å². The highest BCUT2D eigenvalue weighted by molar-refractivity contribution is 6.48. The summed E-state index contributed by atoms with van der Waals surface area (Å²) in [6.07, 6.45) is 0. The Bertz CT molecular complexity index is 3730. The van der Waals surface area contributed by atoms with Gasteiger partial charge in [0.1, 0.15) is 0 Å². The average Bonchev–Trinajstić information content (AvgIpc) is 3.32. The van der Waals surface area contributed by atoms with Crippen molar-refractivity contribution in [1.29, 1.82) is 0 Å². The second-order valence-electron chi connectivity index (χ2n) is 17.8. The molecular formula is C62H44N2. The number of aryl methyl sites for hydroxylation is 4. The highest BCUT2D eigenvalue weighted by Gasteiger charge is 2.26. The topological polar surface area (TPSA) is 6.48 Å². The largest absolute Gasteiger partial charge is 0.310 e. The first kappa shape index (κ1) is 36.7. The van der Waals surface area contributed by atoms with Crippen LogP contribution in [0.4, 0.5) is 34.1 Å². The Morgan fingerprint density at radius 1 is 0.219 bits per heavy atom. The van der Waals surface area contributed by atoms with E-state index in [0.29, 0.717) is 0 Å². The van der Waals surface area contributed by atoms with Crippen molar-refractivity contribution in [2.45, 2.75) is 27.7 Å². The lowest BCUT2D eigenvalue weighted by Gasteiger charge is -2.30. The number of hydrogen-bond acceptors (Lipinski definition) is 2. The van der Waals surface area contributed by atoms with E-state index in [-0.39, 0.29) is 0 Å². The van der Waals surface area contributed by atoms with Crippen molar-refractivity contribution < 1.29 is 0 Å². The number of para-hydroxylation sites is 2. The minimum atomic E-state index is 1.15. The Morgan fingerprint density at radius 2 is 0.531 bits per heavy atom. The van der Waals surface area contributed by atoms with Crippen LogP contribution in [0.5, 0.6) is 0 Å². The second kappa shape index (κ2) is 13.8. The second-order valence-corrected chi connectivity index (χ2v) is 17.8. The van der Waals surface area contributed by atoms with Gasteiger partial charge in [-0.3, -0.25) is 0 Å². The van der Waals surface area contributed by atoms with Crippen LogP contribution < -0.4 is 9.80 Å². The van der Waals surface area contributed by atoms with Crippen molar-refractivity contribution in [3.8, 4) is 0 Å². The summed E-state index contributed by atoms with van der Waals surface area (Å²) < 4.78 is 0. The zero-order valence-electron chi connectivity index (χ0n) is 36.4. The summed E-state index contributed by atoms with van der Waals surface area (Å²) in [4.78, 5) is 4.91. The first-order valence-corrected chi connectivity index (χ1v) is 22.4. The maximum absolute atomic E-state index is 2.45. The number of hydrogen-bond donors (Lipinski definition) is 0. The molecule has 0 radical (unpaired) electrons. The minimum Gasteiger partial charge on any atom is -0.310 e.